The van der Waals surface area contributed by atoms with Gasteiger partial charge in [-0.1, -0.05) is 38.5 Å². The quantitative estimate of drug-likeness (QED) is 0.820. The molecule has 2 fully saturated rings. The molecule has 0 saturated heterocycles. The number of nitrogens with zero attached hydrogens (tertiary/aromatic N) is 1. The average molecular weight is 309 g/mol. The second kappa shape index (κ2) is 9.01. The lowest BCUT2D eigenvalue weighted by molar-refractivity contribution is -0.131. The second-order valence-corrected chi connectivity index (χ2v) is 6.74. The predicted molar refractivity (Wildman–Crippen MR) is 87.7 cm³/mol. The van der Waals surface area contributed by atoms with Crippen molar-refractivity contribution in [3.63, 3.8) is 0 Å². The van der Waals surface area contributed by atoms with Gasteiger partial charge < -0.3 is 15.5 Å². The summed E-state index contributed by atoms with van der Waals surface area (Å²) >= 11 is 0. The van der Waals surface area contributed by atoms with Gasteiger partial charge in [0.05, 0.1) is 0 Å². The highest BCUT2D eigenvalue weighted by Gasteiger charge is 2.23. The SMILES string of the molecule is CC(=O)N(CCNC(=O)NC1CCCCC1)C1CCCCC1. The monoisotopic (exact) mass is 309 g/mol. The maximum atomic E-state index is 11.9. The maximum Gasteiger partial charge on any atom is 0.315 e. The van der Waals surface area contributed by atoms with Crippen LogP contribution in [0.4, 0.5) is 4.79 Å². The summed E-state index contributed by atoms with van der Waals surface area (Å²) in [5.41, 5.74) is 0. The molecule has 0 atom stereocenters. The molecule has 3 amide bonds. The van der Waals surface area contributed by atoms with Crippen LogP contribution in [-0.4, -0.2) is 42.0 Å². The molecule has 0 aromatic carbocycles. The predicted octanol–water partition coefficient (Wildman–Crippen LogP) is 2.80. The minimum atomic E-state index is -0.0842. The van der Waals surface area contributed by atoms with Crippen molar-refractivity contribution in [1.29, 1.82) is 0 Å². The average Bonchev–Trinajstić information content (AvgIpc) is 2.53. The largest absolute Gasteiger partial charge is 0.338 e. The van der Waals surface area contributed by atoms with Crippen LogP contribution in [0.3, 0.4) is 0 Å². The van der Waals surface area contributed by atoms with E-state index in [-0.39, 0.29) is 11.9 Å². The van der Waals surface area contributed by atoms with E-state index >= 15 is 0 Å². The Bertz CT molecular complexity index is 361. The summed E-state index contributed by atoms with van der Waals surface area (Å²) in [5, 5.41) is 5.96. The van der Waals surface area contributed by atoms with E-state index in [0.29, 0.717) is 25.2 Å². The van der Waals surface area contributed by atoms with Gasteiger partial charge in [-0.25, -0.2) is 4.79 Å². The van der Waals surface area contributed by atoms with Crippen LogP contribution in [0.2, 0.25) is 0 Å². The molecule has 22 heavy (non-hydrogen) atoms. The molecule has 0 aromatic heterocycles. The lowest BCUT2D eigenvalue weighted by Crippen LogP contribution is -2.48. The number of urea groups is 1. The number of nitrogens with one attached hydrogen (secondary N) is 2. The highest BCUT2D eigenvalue weighted by molar-refractivity contribution is 5.75. The van der Waals surface area contributed by atoms with Crippen molar-refractivity contribution >= 4 is 11.9 Å². The van der Waals surface area contributed by atoms with E-state index in [1.807, 2.05) is 4.90 Å². The van der Waals surface area contributed by atoms with Gasteiger partial charge in [0.2, 0.25) is 5.91 Å². The van der Waals surface area contributed by atoms with Gasteiger partial charge in [-0.05, 0) is 25.7 Å². The number of carbonyl (C=O) groups excluding carboxylic acids is 2. The first-order chi connectivity index (χ1) is 10.7. The van der Waals surface area contributed by atoms with Crippen molar-refractivity contribution < 1.29 is 9.59 Å². The van der Waals surface area contributed by atoms with Gasteiger partial charge in [0.1, 0.15) is 0 Å². The summed E-state index contributed by atoms with van der Waals surface area (Å²) in [5.74, 6) is 0.126. The zero-order valence-electron chi connectivity index (χ0n) is 13.9. The van der Waals surface area contributed by atoms with Crippen LogP contribution in [-0.2, 0) is 4.79 Å². The Morgan fingerprint density at radius 3 is 2.14 bits per heavy atom. The molecule has 0 radical (unpaired) electrons. The van der Waals surface area contributed by atoms with Crippen molar-refractivity contribution in [1.82, 2.24) is 15.5 Å². The summed E-state index contributed by atoms with van der Waals surface area (Å²) in [4.78, 5) is 25.7. The molecule has 2 saturated carbocycles. The van der Waals surface area contributed by atoms with Crippen LogP contribution < -0.4 is 10.6 Å². The Labute approximate surface area is 134 Å². The van der Waals surface area contributed by atoms with Crippen LogP contribution in [0.5, 0.6) is 0 Å². The molecule has 0 spiro atoms. The Balaban J connectivity index is 1.68. The molecule has 0 bridgehead atoms. The third-order valence-corrected chi connectivity index (χ3v) is 5.00. The molecule has 2 rings (SSSR count). The Morgan fingerprint density at radius 1 is 0.955 bits per heavy atom. The van der Waals surface area contributed by atoms with Crippen molar-refractivity contribution in [3.05, 3.63) is 0 Å². The molecule has 2 aliphatic rings. The first-order valence-electron chi connectivity index (χ1n) is 8.98. The van der Waals surface area contributed by atoms with E-state index < -0.39 is 0 Å². The minimum absolute atomic E-state index is 0.0842. The molecule has 5 heteroatoms. The van der Waals surface area contributed by atoms with Crippen LogP contribution in [0, 0.1) is 0 Å². The van der Waals surface area contributed by atoms with Crippen molar-refractivity contribution in [2.45, 2.75) is 83.2 Å². The van der Waals surface area contributed by atoms with Gasteiger partial charge in [0, 0.05) is 32.1 Å². The van der Waals surface area contributed by atoms with Gasteiger partial charge in [0.25, 0.3) is 0 Å². The number of carbonyl (C=O) groups is 2. The Morgan fingerprint density at radius 2 is 1.55 bits per heavy atom. The molecule has 0 aromatic rings. The molecule has 126 valence electrons. The number of rotatable bonds is 5. The van der Waals surface area contributed by atoms with Crippen molar-refractivity contribution in [3.8, 4) is 0 Å². The van der Waals surface area contributed by atoms with Gasteiger partial charge in [-0.3, -0.25) is 4.79 Å². The fourth-order valence-corrected chi connectivity index (χ4v) is 3.76. The molecular weight excluding hydrogens is 278 g/mol. The van der Waals surface area contributed by atoms with Gasteiger partial charge >= 0.3 is 6.03 Å². The van der Waals surface area contributed by atoms with Crippen LogP contribution >= 0.6 is 0 Å². The first-order valence-corrected chi connectivity index (χ1v) is 8.98. The summed E-state index contributed by atoms with van der Waals surface area (Å²) < 4.78 is 0. The smallest absolute Gasteiger partial charge is 0.315 e. The molecule has 5 nitrogen and oxygen atoms in total. The van der Waals surface area contributed by atoms with Crippen molar-refractivity contribution in [2.75, 3.05) is 13.1 Å². The van der Waals surface area contributed by atoms with E-state index in [2.05, 4.69) is 10.6 Å². The van der Waals surface area contributed by atoms with Gasteiger partial charge in [-0.2, -0.15) is 0 Å². The van der Waals surface area contributed by atoms with Gasteiger partial charge in [0.15, 0.2) is 0 Å². The molecular formula is C17H31N3O2. The summed E-state index contributed by atoms with van der Waals surface area (Å²) in [7, 11) is 0. The molecule has 0 unspecified atom stereocenters. The minimum Gasteiger partial charge on any atom is -0.338 e. The molecule has 0 aliphatic heterocycles. The first kappa shape index (κ1) is 17.1. The van der Waals surface area contributed by atoms with Gasteiger partial charge in [-0.15, -0.1) is 0 Å². The lowest BCUT2D eigenvalue weighted by atomic mass is 9.94. The third kappa shape index (κ3) is 5.50. The Hall–Kier alpha value is -1.26. The van der Waals surface area contributed by atoms with E-state index in [1.165, 1.54) is 38.5 Å². The summed E-state index contributed by atoms with van der Waals surface area (Å²) in [6.07, 6.45) is 11.8. The lowest BCUT2D eigenvalue weighted by Gasteiger charge is -2.33. The molecule has 0 heterocycles. The fraction of sp³-hybridized carbons (Fsp3) is 0.882. The normalized spacial score (nSPS) is 20.4. The zero-order valence-corrected chi connectivity index (χ0v) is 13.9. The second-order valence-electron chi connectivity index (χ2n) is 6.74. The van der Waals surface area contributed by atoms with Crippen LogP contribution in [0.1, 0.15) is 71.1 Å². The fourth-order valence-electron chi connectivity index (χ4n) is 3.76. The highest BCUT2D eigenvalue weighted by Crippen LogP contribution is 2.22. The molecule has 2 aliphatic carbocycles. The Kier molecular flexibility index (Phi) is 7.00. The number of amides is 3. The van der Waals surface area contributed by atoms with E-state index in [1.54, 1.807) is 6.92 Å². The highest BCUT2D eigenvalue weighted by atomic mass is 16.2. The van der Waals surface area contributed by atoms with Crippen LogP contribution in [0.25, 0.3) is 0 Å². The summed E-state index contributed by atoms with van der Waals surface area (Å²) in [6, 6.07) is 0.615. The van der Waals surface area contributed by atoms with E-state index in [9.17, 15) is 9.59 Å². The number of hydrogen-bond acceptors (Lipinski definition) is 2. The van der Waals surface area contributed by atoms with E-state index in [4.69, 9.17) is 0 Å². The maximum absolute atomic E-state index is 11.9. The van der Waals surface area contributed by atoms with Crippen molar-refractivity contribution in [2.24, 2.45) is 0 Å². The summed E-state index contributed by atoms with van der Waals surface area (Å²) in [6.45, 7) is 2.80. The van der Waals surface area contributed by atoms with Crippen LogP contribution in [0.15, 0.2) is 0 Å². The molecule has 2 N–H and O–H groups in total. The topological polar surface area (TPSA) is 61.4 Å². The third-order valence-electron chi connectivity index (χ3n) is 5.00. The zero-order chi connectivity index (χ0) is 15.8. The number of hydrogen-bond donors (Lipinski definition) is 2. The van der Waals surface area contributed by atoms with E-state index in [0.717, 1.165) is 25.7 Å². The standard InChI is InChI=1S/C17H31N3O2/c1-14(21)20(16-10-6-3-7-11-16)13-12-18-17(22)19-15-8-4-2-5-9-15/h15-16H,2-13H2,1H3,(H2,18,19,22).